The third-order valence-electron chi connectivity index (χ3n) is 2.31. The van der Waals surface area contributed by atoms with Crippen LogP contribution in [0.5, 0.6) is 5.75 Å². The van der Waals surface area contributed by atoms with E-state index < -0.39 is 6.10 Å². The van der Waals surface area contributed by atoms with Gasteiger partial charge in [-0.05, 0) is 32.0 Å². The third kappa shape index (κ3) is 5.12. The predicted octanol–water partition coefficient (Wildman–Crippen LogP) is 2.55. The fourth-order valence-corrected chi connectivity index (χ4v) is 1.58. The quantitative estimate of drug-likeness (QED) is 0.802. The molecule has 1 rings (SSSR count). The van der Waals surface area contributed by atoms with Crippen molar-refractivity contribution in [3.63, 3.8) is 0 Å². The normalized spacial score (nSPS) is 12.6. The van der Waals surface area contributed by atoms with Crippen LogP contribution in [0.1, 0.15) is 13.8 Å². The van der Waals surface area contributed by atoms with Crippen molar-refractivity contribution in [2.24, 2.45) is 0 Å². The number of aliphatic hydroxyl groups excluding tert-OH is 1. The van der Waals surface area contributed by atoms with Gasteiger partial charge in [-0.3, -0.25) is 0 Å². The van der Waals surface area contributed by atoms with Gasteiger partial charge in [0.15, 0.2) is 0 Å². The Kier molecular flexibility index (Phi) is 6.25. The molecule has 0 heterocycles. The zero-order valence-electron chi connectivity index (χ0n) is 10.9. The molecule has 1 aromatic rings. The van der Waals surface area contributed by atoms with E-state index in [1.54, 1.807) is 25.3 Å². The van der Waals surface area contributed by atoms with Gasteiger partial charge in [-0.2, -0.15) is 0 Å². The lowest BCUT2D eigenvalue weighted by Gasteiger charge is -2.16. The van der Waals surface area contributed by atoms with Gasteiger partial charge in [-0.25, -0.2) is 0 Å². The molecule has 0 aliphatic heterocycles. The molecular formula is C13H20ClNO3. The van der Waals surface area contributed by atoms with Crippen LogP contribution in [0.4, 0.5) is 5.69 Å². The first-order chi connectivity index (χ1) is 8.52. The van der Waals surface area contributed by atoms with Crippen molar-refractivity contribution in [2.75, 3.05) is 25.6 Å². The van der Waals surface area contributed by atoms with Gasteiger partial charge in [0.1, 0.15) is 5.75 Å². The van der Waals surface area contributed by atoms with Crippen LogP contribution in [-0.4, -0.2) is 37.6 Å². The molecule has 0 amide bonds. The summed E-state index contributed by atoms with van der Waals surface area (Å²) in [7, 11) is 1.59. The van der Waals surface area contributed by atoms with Crippen LogP contribution in [0.3, 0.4) is 0 Å². The summed E-state index contributed by atoms with van der Waals surface area (Å²) in [5.41, 5.74) is 0.758. The van der Waals surface area contributed by atoms with Gasteiger partial charge in [-0.15, -0.1) is 0 Å². The SMILES string of the molecule is COc1ccc(Cl)cc1NCC(O)COC(C)C. The first-order valence-corrected chi connectivity index (χ1v) is 6.27. The average molecular weight is 274 g/mol. The summed E-state index contributed by atoms with van der Waals surface area (Å²) < 4.78 is 10.5. The summed E-state index contributed by atoms with van der Waals surface area (Å²) >= 11 is 5.91. The second kappa shape index (κ2) is 7.46. The molecule has 0 radical (unpaired) electrons. The van der Waals surface area contributed by atoms with E-state index in [0.29, 0.717) is 23.9 Å². The van der Waals surface area contributed by atoms with Crippen LogP contribution in [-0.2, 0) is 4.74 Å². The number of benzene rings is 1. The lowest BCUT2D eigenvalue weighted by molar-refractivity contribution is 0.0112. The van der Waals surface area contributed by atoms with Gasteiger partial charge >= 0.3 is 0 Å². The lowest BCUT2D eigenvalue weighted by Crippen LogP contribution is -2.26. The number of hydrogen-bond acceptors (Lipinski definition) is 4. The Balaban J connectivity index is 2.49. The molecular weight excluding hydrogens is 254 g/mol. The highest BCUT2D eigenvalue weighted by Crippen LogP contribution is 2.27. The van der Waals surface area contributed by atoms with E-state index in [2.05, 4.69) is 5.32 Å². The number of rotatable bonds is 7. The minimum absolute atomic E-state index is 0.111. The second-order valence-corrected chi connectivity index (χ2v) is 4.70. The summed E-state index contributed by atoms with van der Waals surface area (Å²) in [6.07, 6.45) is -0.462. The molecule has 0 aliphatic rings. The summed E-state index contributed by atoms with van der Waals surface area (Å²) in [4.78, 5) is 0. The number of anilines is 1. The lowest BCUT2D eigenvalue weighted by atomic mass is 10.2. The summed E-state index contributed by atoms with van der Waals surface area (Å²) in [5.74, 6) is 0.691. The number of methoxy groups -OCH3 is 1. The van der Waals surface area contributed by atoms with Gasteiger partial charge in [0, 0.05) is 11.6 Å². The molecule has 1 atom stereocenters. The monoisotopic (exact) mass is 273 g/mol. The van der Waals surface area contributed by atoms with Crippen molar-refractivity contribution >= 4 is 17.3 Å². The van der Waals surface area contributed by atoms with Crippen LogP contribution in [0.2, 0.25) is 5.02 Å². The molecule has 18 heavy (non-hydrogen) atoms. The molecule has 0 bridgehead atoms. The van der Waals surface area contributed by atoms with Crippen LogP contribution in [0, 0.1) is 0 Å². The summed E-state index contributed by atoms with van der Waals surface area (Å²) in [6.45, 7) is 4.54. The molecule has 0 saturated carbocycles. The molecule has 0 aliphatic carbocycles. The van der Waals surface area contributed by atoms with Gasteiger partial charge in [0.25, 0.3) is 0 Å². The Labute approximate surface area is 113 Å². The molecule has 4 nitrogen and oxygen atoms in total. The maximum atomic E-state index is 9.73. The Morgan fingerprint density at radius 2 is 2.11 bits per heavy atom. The van der Waals surface area contributed by atoms with Gasteiger partial charge in [0.05, 0.1) is 31.6 Å². The molecule has 5 heteroatoms. The molecule has 0 fully saturated rings. The van der Waals surface area contributed by atoms with Crippen molar-refractivity contribution < 1.29 is 14.6 Å². The van der Waals surface area contributed by atoms with Crippen molar-refractivity contribution in [3.8, 4) is 5.75 Å². The highest BCUT2D eigenvalue weighted by Gasteiger charge is 2.08. The Hall–Kier alpha value is -0.970. The standard InChI is InChI=1S/C13H20ClNO3/c1-9(2)18-8-11(16)7-15-12-6-10(14)4-5-13(12)17-3/h4-6,9,11,15-16H,7-8H2,1-3H3. The summed E-state index contributed by atoms with van der Waals surface area (Å²) in [5, 5.41) is 13.4. The van der Waals surface area contributed by atoms with Gasteiger partial charge in [-0.1, -0.05) is 11.6 Å². The van der Waals surface area contributed by atoms with Crippen molar-refractivity contribution in [3.05, 3.63) is 23.2 Å². The minimum Gasteiger partial charge on any atom is -0.495 e. The molecule has 1 aromatic carbocycles. The zero-order chi connectivity index (χ0) is 13.5. The summed E-state index contributed by atoms with van der Waals surface area (Å²) in [6, 6.07) is 5.29. The largest absolute Gasteiger partial charge is 0.495 e. The first-order valence-electron chi connectivity index (χ1n) is 5.90. The Morgan fingerprint density at radius 1 is 1.39 bits per heavy atom. The number of aliphatic hydroxyl groups is 1. The maximum absolute atomic E-state index is 9.73. The van der Waals surface area contributed by atoms with Crippen LogP contribution < -0.4 is 10.1 Å². The van der Waals surface area contributed by atoms with Gasteiger partial charge in [0.2, 0.25) is 0 Å². The fourth-order valence-electron chi connectivity index (χ4n) is 1.41. The van der Waals surface area contributed by atoms with E-state index in [9.17, 15) is 5.11 Å². The predicted molar refractivity (Wildman–Crippen MR) is 73.6 cm³/mol. The minimum atomic E-state index is -0.573. The molecule has 0 aromatic heterocycles. The Bertz CT molecular complexity index is 371. The van der Waals surface area contributed by atoms with E-state index in [1.807, 2.05) is 13.8 Å². The average Bonchev–Trinajstić information content (AvgIpc) is 2.34. The number of nitrogens with one attached hydrogen (secondary N) is 1. The molecule has 102 valence electrons. The van der Waals surface area contributed by atoms with Crippen LogP contribution in [0.15, 0.2) is 18.2 Å². The third-order valence-corrected chi connectivity index (χ3v) is 2.55. The molecule has 0 spiro atoms. The number of ether oxygens (including phenoxy) is 2. The number of halogens is 1. The van der Waals surface area contributed by atoms with Crippen LogP contribution in [0.25, 0.3) is 0 Å². The van der Waals surface area contributed by atoms with Gasteiger partial charge < -0.3 is 19.9 Å². The van der Waals surface area contributed by atoms with Crippen molar-refractivity contribution in [2.45, 2.75) is 26.1 Å². The topological polar surface area (TPSA) is 50.7 Å². The highest BCUT2D eigenvalue weighted by atomic mass is 35.5. The molecule has 0 saturated heterocycles. The van der Waals surface area contributed by atoms with E-state index in [0.717, 1.165) is 5.69 Å². The fraction of sp³-hybridized carbons (Fsp3) is 0.538. The van der Waals surface area contributed by atoms with E-state index in [4.69, 9.17) is 21.1 Å². The van der Waals surface area contributed by atoms with Crippen molar-refractivity contribution in [1.29, 1.82) is 0 Å². The van der Waals surface area contributed by atoms with E-state index in [-0.39, 0.29) is 6.10 Å². The zero-order valence-corrected chi connectivity index (χ0v) is 11.7. The smallest absolute Gasteiger partial charge is 0.142 e. The van der Waals surface area contributed by atoms with Crippen LogP contribution >= 0.6 is 11.6 Å². The number of hydrogen-bond donors (Lipinski definition) is 2. The molecule has 1 unspecified atom stereocenters. The first kappa shape index (κ1) is 15.1. The Morgan fingerprint density at radius 3 is 2.72 bits per heavy atom. The maximum Gasteiger partial charge on any atom is 0.142 e. The highest BCUT2D eigenvalue weighted by molar-refractivity contribution is 6.30. The molecule has 2 N–H and O–H groups in total. The van der Waals surface area contributed by atoms with E-state index in [1.165, 1.54) is 0 Å². The second-order valence-electron chi connectivity index (χ2n) is 4.26. The van der Waals surface area contributed by atoms with Crippen molar-refractivity contribution in [1.82, 2.24) is 0 Å². The van der Waals surface area contributed by atoms with E-state index >= 15 is 0 Å².